The molecule has 0 radical (unpaired) electrons. The summed E-state index contributed by atoms with van der Waals surface area (Å²) in [5, 5.41) is 0. The molecule has 1 aromatic carbocycles. The van der Waals surface area contributed by atoms with E-state index in [1.807, 2.05) is 17.0 Å². The van der Waals surface area contributed by atoms with Gasteiger partial charge in [-0.05, 0) is 36.2 Å². The monoisotopic (exact) mass is 273 g/mol. The number of furan rings is 1. The molecule has 3 rings (SSSR count). The van der Waals surface area contributed by atoms with Gasteiger partial charge in [0.15, 0.2) is 0 Å². The van der Waals surface area contributed by atoms with Crippen molar-refractivity contribution in [1.82, 2.24) is 4.90 Å². The van der Waals surface area contributed by atoms with Crippen molar-refractivity contribution in [3.8, 4) is 0 Å². The molecule has 1 fully saturated rings. The van der Waals surface area contributed by atoms with Gasteiger partial charge in [0.1, 0.15) is 11.6 Å². The third kappa shape index (κ3) is 2.74. The van der Waals surface area contributed by atoms with Crippen molar-refractivity contribution in [2.45, 2.75) is 18.8 Å². The van der Waals surface area contributed by atoms with Crippen LogP contribution in [0.5, 0.6) is 0 Å². The number of hydrogen-bond acceptors (Lipinski definition) is 2. The second-order valence-corrected chi connectivity index (χ2v) is 5.15. The molecule has 4 heteroatoms. The number of carbonyl (C=O) groups is 1. The van der Waals surface area contributed by atoms with Crippen molar-refractivity contribution in [3.05, 3.63) is 59.8 Å². The van der Waals surface area contributed by atoms with Crippen LogP contribution in [-0.2, 0) is 11.2 Å². The fraction of sp³-hybridized carbons (Fsp3) is 0.312. The van der Waals surface area contributed by atoms with Crippen molar-refractivity contribution in [3.63, 3.8) is 0 Å². The van der Waals surface area contributed by atoms with Crippen LogP contribution < -0.4 is 0 Å². The number of benzene rings is 1. The molecule has 20 heavy (non-hydrogen) atoms. The van der Waals surface area contributed by atoms with Gasteiger partial charge in [-0.1, -0.05) is 12.1 Å². The van der Waals surface area contributed by atoms with Crippen LogP contribution in [0.3, 0.4) is 0 Å². The molecule has 1 saturated heterocycles. The normalized spacial score (nSPS) is 18.4. The fourth-order valence-electron chi connectivity index (χ4n) is 2.68. The van der Waals surface area contributed by atoms with Gasteiger partial charge < -0.3 is 9.32 Å². The van der Waals surface area contributed by atoms with Crippen molar-refractivity contribution >= 4 is 5.91 Å². The standard InChI is InChI=1S/C16H16FNO2/c17-14-4-1-3-12(9-14)10-16(19)18-7-6-13(11-18)15-5-2-8-20-15/h1-5,8-9,13H,6-7,10-11H2. The quantitative estimate of drug-likeness (QED) is 0.861. The summed E-state index contributed by atoms with van der Waals surface area (Å²) in [7, 11) is 0. The van der Waals surface area contributed by atoms with Crippen molar-refractivity contribution in [1.29, 1.82) is 0 Å². The molecule has 1 amide bonds. The van der Waals surface area contributed by atoms with Gasteiger partial charge in [0, 0.05) is 19.0 Å². The minimum Gasteiger partial charge on any atom is -0.469 e. The number of hydrogen-bond donors (Lipinski definition) is 0. The summed E-state index contributed by atoms with van der Waals surface area (Å²) >= 11 is 0. The molecule has 0 saturated carbocycles. The molecule has 104 valence electrons. The van der Waals surface area contributed by atoms with Gasteiger partial charge in [-0.2, -0.15) is 0 Å². The van der Waals surface area contributed by atoms with Gasteiger partial charge >= 0.3 is 0 Å². The Morgan fingerprint density at radius 1 is 1.35 bits per heavy atom. The number of amides is 1. The lowest BCUT2D eigenvalue weighted by atomic mass is 10.1. The van der Waals surface area contributed by atoms with Crippen LogP contribution in [-0.4, -0.2) is 23.9 Å². The SMILES string of the molecule is O=C(Cc1cccc(F)c1)N1CCC(c2ccco2)C1. The maximum atomic E-state index is 13.1. The van der Waals surface area contributed by atoms with E-state index in [0.717, 1.165) is 24.3 Å². The number of likely N-dealkylation sites (tertiary alicyclic amines) is 1. The van der Waals surface area contributed by atoms with E-state index in [4.69, 9.17) is 4.42 Å². The van der Waals surface area contributed by atoms with Crippen molar-refractivity contribution < 1.29 is 13.6 Å². The Kier molecular flexibility index (Phi) is 3.54. The highest BCUT2D eigenvalue weighted by molar-refractivity contribution is 5.79. The molecule has 0 aliphatic carbocycles. The van der Waals surface area contributed by atoms with Gasteiger partial charge in [-0.3, -0.25) is 4.79 Å². The minimum absolute atomic E-state index is 0.0460. The third-order valence-electron chi connectivity index (χ3n) is 3.73. The summed E-state index contributed by atoms with van der Waals surface area (Å²) in [4.78, 5) is 14.0. The predicted molar refractivity (Wildman–Crippen MR) is 72.8 cm³/mol. The largest absolute Gasteiger partial charge is 0.469 e. The van der Waals surface area contributed by atoms with Crippen LogP contribution in [0.1, 0.15) is 23.7 Å². The van der Waals surface area contributed by atoms with Crippen molar-refractivity contribution in [2.24, 2.45) is 0 Å². The lowest BCUT2D eigenvalue weighted by molar-refractivity contribution is -0.129. The maximum absolute atomic E-state index is 13.1. The topological polar surface area (TPSA) is 33.5 Å². The summed E-state index contributed by atoms with van der Waals surface area (Å²) < 4.78 is 18.5. The molecule has 3 nitrogen and oxygen atoms in total. The number of carbonyl (C=O) groups excluding carboxylic acids is 1. The molecule has 1 aliphatic heterocycles. The molecular weight excluding hydrogens is 257 g/mol. The number of rotatable bonds is 3. The van der Waals surface area contributed by atoms with E-state index in [-0.39, 0.29) is 24.1 Å². The van der Waals surface area contributed by atoms with E-state index in [0.29, 0.717) is 6.54 Å². The van der Waals surface area contributed by atoms with Gasteiger partial charge in [-0.15, -0.1) is 0 Å². The molecule has 0 N–H and O–H groups in total. The zero-order chi connectivity index (χ0) is 13.9. The Bertz CT molecular complexity index is 594. The van der Waals surface area contributed by atoms with E-state index < -0.39 is 0 Å². The molecule has 0 bridgehead atoms. The summed E-state index contributed by atoms with van der Waals surface area (Å²) in [6, 6.07) is 10.0. The fourth-order valence-corrected chi connectivity index (χ4v) is 2.68. The molecule has 2 heterocycles. The molecule has 0 spiro atoms. The van der Waals surface area contributed by atoms with E-state index >= 15 is 0 Å². The van der Waals surface area contributed by atoms with Gasteiger partial charge in [0.05, 0.1) is 12.7 Å². The van der Waals surface area contributed by atoms with Crippen LogP contribution in [0.25, 0.3) is 0 Å². The van der Waals surface area contributed by atoms with E-state index in [1.54, 1.807) is 18.4 Å². The average molecular weight is 273 g/mol. The third-order valence-corrected chi connectivity index (χ3v) is 3.73. The van der Waals surface area contributed by atoms with Crippen LogP contribution in [0.2, 0.25) is 0 Å². The lowest BCUT2D eigenvalue weighted by Gasteiger charge is -2.16. The molecule has 2 aromatic rings. The summed E-state index contributed by atoms with van der Waals surface area (Å²) in [5.41, 5.74) is 0.719. The maximum Gasteiger partial charge on any atom is 0.227 e. The average Bonchev–Trinajstić information content (AvgIpc) is 3.10. The summed E-state index contributed by atoms with van der Waals surface area (Å²) in [5.74, 6) is 0.961. The summed E-state index contributed by atoms with van der Waals surface area (Å²) in [6.45, 7) is 1.42. The highest BCUT2D eigenvalue weighted by Crippen LogP contribution is 2.27. The summed E-state index contributed by atoms with van der Waals surface area (Å²) in [6.07, 6.45) is 2.83. The predicted octanol–water partition coefficient (Wildman–Crippen LogP) is 2.98. The zero-order valence-electron chi connectivity index (χ0n) is 11.1. The van der Waals surface area contributed by atoms with Crippen molar-refractivity contribution in [2.75, 3.05) is 13.1 Å². The van der Waals surface area contributed by atoms with Crippen LogP contribution >= 0.6 is 0 Å². The van der Waals surface area contributed by atoms with E-state index in [9.17, 15) is 9.18 Å². The number of halogens is 1. The Morgan fingerprint density at radius 3 is 3.00 bits per heavy atom. The van der Waals surface area contributed by atoms with Crippen LogP contribution in [0.15, 0.2) is 47.1 Å². The molecule has 1 aromatic heterocycles. The van der Waals surface area contributed by atoms with E-state index in [2.05, 4.69) is 0 Å². The molecule has 1 atom stereocenters. The molecular formula is C16H16FNO2. The Balaban J connectivity index is 1.61. The van der Waals surface area contributed by atoms with Gasteiger partial charge in [-0.25, -0.2) is 4.39 Å². The lowest BCUT2D eigenvalue weighted by Crippen LogP contribution is -2.29. The molecule has 1 unspecified atom stereocenters. The Labute approximate surface area is 117 Å². The Hall–Kier alpha value is -2.10. The first-order valence-electron chi connectivity index (χ1n) is 6.78. The second-order valence-electron chi connectivity index (χ2n) is 5.15. The van der Waals surface area contributed by atoms with Gasteiger partial charge in [0.25, 0.3) is 0 Å². The van der Waals surface area contributed by atoms with E-state index in [1.165, 1.54) is 12.1 Å². The first-order valence-corrected chi connectivity index (χ1v) is 6.78. The molecule has 1 aliphatic rings. The Morgan fingerprint density at radius 2 is 2.25 bits per heavy atom. The smallest absolute Gasteiger partial charge is 0.227 e. The van der Waals surface area contributed by atoms with Gasteiger partial charge in [0.2, 0.25) is 5.91 Å². The zero-order valence-corrected chi connectivity index (χ0v) is 11.1. The first-order chi connectivity index (χ1) is 9.72. The number of nitrogens with zero attached hydrogens (tertiary/aromatic N) is 1. The second kappa shape index (κ2) is 5.49. The highest BCUT2D eigenvalue weighted by Gasteiger charge is 2.28. The first kappa shape index (κ1) is 12.9. The van der Waals surface area contributed by atoms with Crippen LogP contribution in [0, 0.1) is 5.82 Å². The van der Waals surface area contributed by atoms with Crippen LogP contribution in [0.4, 0.5) is 4.39 Å². The minimum atomic E-state index is -0.301. The highest BCUT2D eigenvalue weighted by atomic mass is 19.1.